The van der Waals surface area contributed by atoms with Crippen LogP contribution in [-0.4, -0.2) is 17.4 Å². The summed E-state index contributed by atoms with van der Waals surface area (Å²) < 4.78 is 0. The summed E-state index contributed by atoms with van der Waals surface area (Å²) in [6, 6.07) is 14.3. The van der Waals surface area contributed by atoms with E-state index < -0.39 is 0 Å². The van der Waals surface area contributed by atoms with Gasteiger partial charge in [-0.3, -0.25) is 0 Å². The Labute approximate surface area is 146 Å². The highest BCUT2D eigenvalue weighted by atomic mass is 35.5. The molecule has 0 fully saturated rings. The summed E-state index contributed by atoms with van der Waals surface area (Å²) in [5, 5.41) is 7.78. The SMILES string of the molecule is Cc1ccc(SCCNC(=S)Nc2ccc(Cl)cc2C)cc1. The van der Waals surface area contributed by atoms with E-state index in [9.17, 15) is 0 Å². The molecule has 0 spiro atoms. The lowest BCUT2D eigenvalue weighted by molar-refractivity contribution is 0.989. The highest BCUT2D eigenvalue weighted by Crippen LogP contribution is 2.20. The van der Waals surface area contributed by atoms with E-state index in [-0.39, 0.29) is 0 Å². The van der Waals surface area contributed by atoms with Crippen molar-refractivity contribution in [2.45, 2.75) is 18.7 Å². The number of benzene rings is 2. The van der Waals surface area contributed by atoms with Gasteiger partial charge in [0.15, 0.2) is 5.11 Å². The molecule has 0 bridgehead atoms. The largest absolute Gasteiger partial charge is 0.362 e. The molecule has 0 aliphatic rings. The van der Waals surface area contributed by atoms with Crippen LogP contribution < -0.4 is 10.6 Å². The monoisotopic (exact) mass is 350 g/mol. The lowest BCUT2D eigenvalue weighted by atomic mass is 10.2. The van der Waals surface area contributed by atoms with Crippen LogP contribution in [-0.2, 0) is 0 Å². The van der Waals surface area contributed by atoms with Crippen LogP contribution >= 0.6 is 35.6 Å². The van der Waals surface area contributed by atoms with Crippen molar-refractivity contribution in [1.29, 1.82) is 0 Å². The van der Waals surface area contributed by atoms with Gasteiger partial charge >= 0.3 is 0 Å². The molecule has 0 atom stereocenters. The van der Waals surface area contributed by atoms with E-state index in [4.69, 9.17) is 23.8 Å². The van der Waals surface area contributed by atoms with E-state index in [1.807, 2.05) is 36.9 Å². The summed E-state index contributed by atoms with van der Waals surface area (Å²) in [4.78, 5) is 1.28. The molecule has 0 heterocycles. The maximum atomic E-state index is 5.94. The molecule has 2 rings (SSSR count). The van der Waals surface area contributed by atoms with Crippen LogP contribution in [0.2, 0.25) is 5.02 Å². The Morgan fingerprint density at radius 2 is 1.86 bits per heavy atom. The predicted molar refractivity (Wildman–Crippen MR) is 102 cm³/mol. The van der Waals surface area contributed by atoms with E-state index >= 15 is 0 Å². The first-order chi connectivity index (χ1) is 10.5. The van der Waals surface area contributed by atoms with Gasteiger partial charge in [0.2, 0.25) is 0 Å². The smallest absolute Gasteiger partial charge is 0.170 e. The molecule has 116 valence electrons. The molecule has 0 amide bonds. The molecule has 0 saturated carbocycles. The standard InChI is InChI=1S/C17H19ClN2S2/c1-12-3-6-15(7-4-12)22-10-9-19-17(21)20-16-8-5-14(18)11-13(16)2/h3-8,11H,9-10H2,1-2H3,(H2,19,20,21). The van der Waals surface area contributed by atoms with E-state index in [2.05, 4.69) is 41.8 Å². The minimum atomic E-state index is 0.634. The molecule has 0 aliphatic heterocycles. The van der Waals surface area contributed by atoms with Crippen LogP contribution in [0.4, 0.5) is 5.69 Å². The van der Waals surface area contributed by atoms with Crippen LogP contribution in [0.25, 0.3) is 0 Å². The van der Waals surface area contributed by atoms with Crippen LogP contribution in [0.1, 0.15) is 11.1 Å². The van der Waals surface area contributed by atoms with E-state index in [1.165, 1.54) is 10.5 Å². The average molecular weight is 351 g/mol. The van der Waals surface area contributed by atoms with Gasteiger partial charge in [-0.2, -0.15) is 0 Å². The van der Waals surface area contributed by atoms with Gasteiger partial charge in [0.25, 0.3) is 0 Å². The second-order valence-electron chi connectivity index (χ2n) is 5.00. The quantitative estimate of drug-likeness (QED) is 0.448. The fourth-order valence-corrected chi connectivity index (χ4v) is 3.11. The Kier molecular flexibility index (Phi) is 6.55. The van der Waals surface area contributed by atoms with Gasteiger partial charge in [0.05, 0.1) is 0 Å². The normalized spacial score (nSPS) is 10.3. The molecular weight excluding hydrogens is 332 g/mol. The second-order valence-corrected chi connectivity index (χ2v) is 7.01. The Hall–Kier alpha value is -1.23. The average Bonchev–Trinajstić information content (AvgIpc) is 2.48. The zero-order valence-electron chi connectivity index (χ0n) is 12.7. The lowest BCUT2D eigenvalue weighted by Crippen LogP contribution is -2.30. The molecule has 2 aromatic carbocycles. The first kappa shape index (κ1) is 17.1. The van der Waals surface area contributed by atoms with Crippen molar-refractivity contribution in [3.8, 4) is 0 Å². The van der Waals surface area contributed by atoms with Gasteiger partial charge in [-0.05, 0) is 62.0 Å². The molecule has 0 unspecified atom stereocenters. The molecule has 2 nitrogen and oxygen atoms in total. The number of hydrogen-bond acceptors (Lipinski definition) is 2. The van der Waals surface area contributed by atoms with Gasteiger partial charge in [0.1, 0.15) is 0 Å². The number of aryl methyl sites for hydroxylation is 2. The summed E-state index contributed by atoms with van der Waals surface area (Å²) in [5.41, 5.74) is 3.34. The fraction of sp³-hybridized carbons (Fsp3) is 0.235. The van der Waals surface area contributed by atoms with E-state index in [0.29, 0.717) is 5.11 Å². The van der Waals surface area contributed by atoms with Gasteiger partial charge in [0, 0.05) is 27.9 Å². The Balaban J connectivity index is 1.72. The lowest BCUT2D eigenvalue weighted by Gasteiger charge is -2.12. The third-order valence-corrected chi connectivity index (χ3v) is 4.61. The summed E-state index contributed by atoms with van der Waals surface area (Å²) in [5.74, 6) is 0.963. The maximum Gasteiger partial charge on any atom is 0.170 e. The number of nitrogens with one attached hydrogen (secondary N) is 2. The fourth-order valence-electron chi connectivity index (χ4n) is 1.90. The Morgan fingerprint density at radius 3 is 2.55 bits per heavy atom. The first-order valence-corrected chi connectivity index (χ1v) is 8.82. The number of halogens is 1. The molecule has 0 aliphatic carbocycles. The minimum Gasteiger partial charge on any atom is -0.362 e. The van der Waals surface area contributed by atoms with E-state index in [0.717, 1.165) is 28.6 Å². The van der Waals surface area contributed by atoms with Crippen LogP contribution in [0.3, 0.4) is 0 Å². The van der Waals surface area contributed by atoms with Crippen LogP contribution in [0, 0.1) is 13.8 Å². The number of thiocarbonyl (C=S) groups is 1. The van der Waals surface area contributed by atoms with Gasteiger partial charge in [-0.25, -0.2) is 0 Å². The topological polar surface area (TPSA) is 24.1 Å². The van der Waals surface area contributed by atoms with Crippen molar-refractivity contribution < 1.29 is 0 Å². The Morgan fingerprint density at radius 1 is 1.14 bits per heavy atom. The molecule has 0 radical (unpaired) electrons. The first-order valence-electron chi connectivity index (χ1n) is 7.05. The second kappa shape index (κ2) is 8.42. The zero-order chi connectivity index (χ0) is 15.9. The molecule has 22 heavy (non-hydrogen) atoms. The van der Waals surface area contributed by atoms with Crippen molar-refractivity contribution in [3.63, 3.8) is 0 Å². The summed E-state index contributed by atoms with van der Waals surface area (Å²) in [6.07, 6.45) is 0. The van der Waals surface area contributed by atoms with Crippen molar-refractivity contribution in [2.24, 2.45) is 0 Å². The minimum absolute atomic E-state index is 0.634. The highest BCUT2D eigenvalue weighted by Gasteiger charge is 2.02. The summed E-state index contributed by atoms with van der Waals surface area (Å²) >= 11 is 13.1. The van der Waals surface area contributed by atoms with Crippen molar-refractivity contribution in [3.05, 3.63) is 58.6 Å². The predicted octanol–water partition coefficient (Wildman–Crippen LogP) is 5.04. The molecule has 0 saturated heterocycles. The summed E-state index contributed by atoms with van der Waals surface area (Å²) in [7, 11) is 0. The van der Waals surface area contributed by atoms with Gasteiger partial charge < -0.3 is 10.6 Å². The van der Waals surface area contributed by atoms with E-state index in [1.54, 1.807) is 0 Å². The van der Waals surface area contributed by atoms with Gasteiger partial charge in [-0.15, -0.1) is 11.8 Å². The number of thioether (sulfide) groups is 1. The molecule has 2 aromatic rings. The number of anilines is 1. The van der Waals surface area contributed by atoms with Gasteiger partial charge in [-0.1, -0.05) is 29.3 Å². The third-order valence-electron chi connectivity index (χ3n) is 3.11. The molecule has 2 N–H and O–H groups in total. The zero-order valence-corrected chi connectivity index (χ0v) is 15.0. The van der Waals surface area contributed by atoms with Crippen molar-refractivity contribution >= 4 is 46.4 Å². The molecule has 0 aromatic heterocycles. The maximum absolute atomic E-state index is 5.94. The third kappa shape index (κ3) is 5.52. The highest BCUT2D eigenvalue weighted by molar-refractivity contribution is 7.99. The van der Waals surface area contributed by atoms with Crippen molar-refractivity contribution in [1.82, 2.24) is 5.32 Å². The van der Waals surface area contributed by atoms with Crippen molar-refractivity contribution in [2.75, 3.05) is 17.6 Å². The Bertz CT molecular complexity index is 642. The summed E-state index contributed by atoms with van der Waals surface area (Å²) in [6.45, 7) is 4.92. The molecule has 5 heteroatoms. The molecular formula is C17H19ClN2S2. The van der Waals surface area contributed by atoms with Crippen LogP contribution in [0.15, 0.2) is 47.4 Å². The number of hydrogen-bond donors (Lipinski definition) is 2. The van der Waals surface area contributed by atoms with Crippen LogP contribution in [0.5, 0.6) is 0 Å². The number of rotatable bonds is 5.